The van der Waals surface area contributed by atoms with Gasteiger partial charge in [0, 0.05) is 19.0 Å². The van der Waals surface area contributed by atoms with Crippen LogP contribution in [-0.2, 0) is 4.79 Å². The van der Waals surface area contributed by atoms with Gasteiger partial charge in [-0.2, -0.15) is 0 Å². The summed E-state index contributed by atoms with van der Waals surface area (Å²) in [4.78, 5) is 28.2. The first-order chi connectivity index (χ1) is 7.97. The number of anilines is 1. The Bertz CT molecular complexity index is 442. The highest BCUT2D eigenvalue weighted by Crippen LogP contribution is 2.07. The fourth-order valence-corrected chi connectivity index (χ4v) is 1.42. The van der Waals surface area contributed by atoms with Crippen LogP contribution in [0.5, 0.6) is 0 Å². The lowest BCUT2D eigenvalue weighted by atomic mass is 10.1. The number of carbonyl (C=O) groups is 1. The summed E-state index contributed by atoms with van der Waals surface area (Å²) in [6.45, 7) is 4.26. The number of nitrogens with zero attached hydrogens (tertiary/aromatic N) is 1. The van der Waals surface area contributed by atoms with E-state index in [0.29, 0.717) is 24.6 Å². The first-order valence-corrected chi connectivity index (χ1v) is 5.51. The molecule has 6 nitrogen and oxygen atoms in total. The number of aryl methyl sites for hydroxylation is 1. The second kappa shape index (κ2) is 6.03. The van der Waals surface area contributed by atoms with E-state index in [1.165, 1.54) is 6.07 Å². The lowest BCUT2D eigenvalue weighted by molar-refractivity contribution is -0.137. The average Bonchev–Trinajstić information content (AvgIpc) is 2.22. The normalized spacial score (nSPS) is 12.1. The monoisotopic (exact) mass is 239 g/mol. The van der Waals surface area contributed by atoms with Gasteiger partial charge in [-0.15, -0.1) is 0 Å². The summed E-state index contributed by atoms with van der Waals surface area (Å²) in [7, 11) is 0. The van der Waals surface area contributed by atoms with E-state index in [4.69, 9.17) is 5.11 Å². The minimum atomic E-state index is -0.790. The van der Waals surface area contributed by atoms with Crippen molar-refractivity contribution in [2.24, 2.45) is 5.92 Å². The fraction of sp³-hybridized carbons (Fsp3) is 0.545. The molecule has 0 bridgehead atoms. The van der Waals surface area contributed by atoms with Crippen LogP contribution in [0.15, 0.2) is 10.9 Å². The number of aliphatic carboxylic acids is 1. The fourth-order valence-electron chi connectivity index (χ4n) is 1.42. The summed E-state index contributed by atoms with van der Waals surface area (Å²) in [5.74, 6) is 0.501. The molecule has 0 fully saturated rings. The molecule has 94 valence electrons. The third-order valence-electron chi connectivity index (χ3n) is 2.34. The van der Waals surface area contributed by atoms with E-state index < -0.39 is 5.97 Å². The number of carboxylic acids is 1. The molecule has 0 saturated carbocycles. The molecular formula is C11H17N3O3. The third-order valence-corrected chi connectivity index (χ3v) is 2.34. The van der Waals surface area contributed by atoms with E-state index in [1.807, 2.05) is 6.92 Å². The summed E-state index contributed by atoms with van der Waals surface area (Å²) in [6, 6.07) is 1.39. The maximum absolute atomic E-state index is 11.2. The SMILES string of the molecule is Cc1nc(NCC(C)CCC(=O)O)cc(=O)[nH]1. The molecule has 1 atom stereocenters. The van der Waals surface area contributed by atoms with E-state index >= 15 is 0 Å². The average molecular weight is 239 g/mol. The molecule has 0 amide bonds. The molecule has 0 aliphatic rings. The summed E-state index contributed by atoms with van der Waals surface area (Å²) >= 11 is 0. The van der Waals surface area contributed by atoms with Crippen molar-refractivity contribution in [3.8, 4) is 0 Å². The van der Waals surface area contributed by atoms with Crippen LogP contribution in [0.25, 0.3) is 0 Å². The number of H-pyrrole nitrogens is 1. The van der Waals surface area contributed by atoms with E-state index in [0.717, 1.165) is 0 Å². The summed E-state index contributed by atoms with van der Waals surface area (Å²) in [5.41, 5.74) is -0.196. The lowest BCUT2D eigenvalue weighted by Crippen LogP contribution is -2.16. The Balaban J connectivity index is 2.44. The number of rotatable bonds is 6. The van der Waals surface area contributed by atoms with Gasteiger partial charge in [0.1, 0.15) is 11.6 Å². The second-order valence-electron chi connectivity index (χ2n) is 4.13. The van der Waals surface area contributed by atoms with Crippen LogP contribution in [-0.4, -0.2) is 27.6 Å². The Morgan fingerprint density at radius 1 is 1.65 bits per heavy atom. The minimum absolute atomic E-state index is 0.157. The molecule has 1 rings (SSSR count). The molecule has 0 aromatic carbocycles. The van der Waals surface area contributed by atoms with Gasteiger partial charge in [-0.1, -0.05) is 6.92 Å². The van der Waals surface area contributed by atoms with Gasteiger partial charge < -0.3 is 15.4 Å². The molecule has 0 aliphatic carbocycles. The Hall–Kier alpha value is -1.85. The number of nitrogens with one attached hydrogen (secondary N) is 2. The van der Waals surface area contributed by atoms with Gasteiger partial charge in [0.25, 0.3) is 5.56 Å². The molecule has 6 heteroatoms. The van der Waals surface area contributed by atoms with E-state index in [-0.39, 0.29) is 17.9 Å². The molecule has 0 radical (unpaired) electrons. The Morgan fingerprint density at radius 2 is 2.35 bits per heavy atom. The van der Waals surface area contributed by atoms with Crippen molar-refractivity contribution < 1.29 is 9.90 Å². The van der Waals surface area contributed by atoms with Crippen LogP contribution >= 0.6 is 0 Å². The van der Waals surface area contributed by atoms with E-state index in [9.17, 15) is 9.59 Å². The number of aromatic amines is 1. The van der Waals surface area contributed by atoms with Crippen LogP contribution in [0.1, 0.15) is 25.6 Å². The molecule has 3 N–H and O–H groups in total. The van der Waals surface area contributed by atoms with Gasteiger partial charge in [0.15, 0.2) is 0 Å². The molecule has 1 aromatic heterocycles. The summed E-state index contributed by atoms with van der Waals surface area (Å²) in [5, 5.41) is 11.6. The Morgan fingerprint density at radius 3 is 2.94 bits per heavy atom. The van der Waals surface area contributed by atoms with Crippen LogP contribution in [0.2, 0.25) is 0 Å². The van der Waals surface area contributed by atoms with Gasteiger partial charge in [-0.3, -0.25) is 9.59 Å². The van der Waals surface area contributed by atoms with Gasteiger partial charge in [-0.05, 0) is 19.3 Å². The number of hydrogen-bond acceptors (Lipinski definition) is 4. The standard InChI is InChI=1S/C11H17N3O3/c1-7(3-4-11(16)17)6-12-9-5-10(15)14-8(2)13-9/h5,7H,3-4,6H2,1-2H3,(H,16,17)(H2,12,13,14,15). The van der Waals surface area contributed by atoms with Crippen LogP contribution in [0, 0.1) is 12.8 Å². The molecule has 0 saturated heterocycles. The maximum Gasteiger partial charge on any atom is 0.303 e. The Labute approximate surface area is 99.1 Å². The topological polar surface area (TPSA) is 95.1 Å². The molecule has 0 aliphatic heterocycles. The first kappa shape index (κ1) is 13.2. The number of hydrogen-bond donors (Lipinski definition) is 3. The molecule has 1 aromatic rings. The van der Waals surface area contributed by atoms with Crippen molar-refractivity contribution in [2.45, 2.75) is 26.7 Å². The second-order valence-corrected chi connectivity index (χ2v) is 4.13. The highest BCUT2D eigenvalue weighted by Gasteiger charge is 2.06. The Kier molecular flexibility index (Phi) is 4.68. The van der Waals surface area contributed by atoms with Gasteiger partial charge in [-0.25, -0.2) is 4.98 Å². The van der Waals surface area contributed by atoms with Crippen molar-refractivity contribution in [3.05, 3.63) is 22.2 Å². The van der Waals surface area contributed by atoms with Crippen molar-refractivity contribution in [2.75, 3.05) is 11.9 Å². The van der Waals surface area contributed by atoms with E-state index in [1.54, 1.807) is 6.92 Å². The van der Waals surface area contributed by atoms with Gasteiger partial charge in [0.2, 0.25) is 0 Å². The molecule has 1 unspecified atom stereocenters. The zero-order valence-electron chi connectivity index (χ0n) is 9.99. The van der Waals surface area contributed by atoms with Crippen molar-refractivity contribution >= 4 is 11.8 Å². The lowest BCUT2D eigenvalue weighted by Gasteiger charge is -2.11. The molecule has 0 spiro atoms. The van der Waals surface area contributed by atoms with Crippen molar-refractivity contribution in [1.29, 1.82) is 0 Å². The smallest absolute Gasteiger partial charge is 0.303 e. The van der Waals surface area contributed by atoms with Gasteiger partial charge >= 0.3 is 5.97 Å². The predicted molar refractivity (Wildman–Crippen MR) is 64.1 cm³/mol. The number of carboxylic acid groups (broad SMARTS) is 1. The largest absolute Gasteiger partial charge is 0.481 e. The van der Waals surface area contributed by atoms with Gasteiger partial charge in [0.05, 0.1) is 0 Å². The quantitative estimate of drug-likeness (QED) is 0.688. The summed E-state index contributed by atoms with van der Waals surface area (Å²) < 4.78 is 0. The van der Waals surface area contributed by atoms with Crippen LogP contribution < -0.4 is 10.9 Å². The zero-order chi connectivity index (χ0) is 12.8. The maximum atomic E-state index is 11.2. The summed E-state index contributed by atoms with van der Waals surface area (Å²) in [6.07, 6.45) is 0.759. The highest BCUT2D eigenvalue weighted by molar-refractivity contribution is 5.66. The van der Waals surface area contributed by atoms with Crippen LogP contribution in [0.4, 0.5) is 5.82 Å². The first-order valence-electron chi connectivity index (χ1n) is 5.51. The van der Waals surface area contributed by atoms with Crippen LogP contribution in [0.3, 0.4) is 0 Å². The van der Waals surface area contributed by atoms with Crippen molar-refractivity contribution in [3.63, 3.8) is 0 Å². The molecular weight excluding hydrogens is 222 g/mol. The molecule has 17 heavy (non-hydrogen) atoms. The number of aromatic nitrogens is 2. The zero-order valence-corrected chi connectivity index (χ0v) is 9.99. The van der Waals surface area contributed by atoms with Crippen molar-refractivity contribution in [1.82, 2.24) is 9.97 Å². The predicted octanol–water partition coefficient (Wildman–Crippen LogP) is 0.991. The molecule has 1 heterocycles. The highest BCUT2D eigenvalue weighted by atomic mass is 16.4. The minimum Gasteiger partial charge on any atom is -0.481 e. The van der Waals surface area contributed by atoms with E-state index in [2.05, 4.69) is 15.3 Å². The third kappa shape index (κ3) is 5.14.